The van der Waals surface area contributed by atoms with Gasteiger partial charge in [0, 0.05) is 5.56 Å². The van der Waals surface area contributed by atoms with Crippen LogP contribution in [0.3, 0.4) is 0 Å². The Morgan fingerprint density at radius 1 is 1.09 bits per heavy atom. The van der Waals surface area contributed by atoms with E-state index in [0.717, 1.165) is 12.8 Å². The topological polar surface area (TPSA) is 55.4 Å². The van der Waals surface area contributed by atoms with E-state index in [-0.39, 0.29) is 18.3 Å². The molecule has 0 aliphatic heterocycles. The standard InChI is InChI=1S/C19H19NO3/c1-13(21)17-7-2-3-8-18(17)20-19(22)12-23-16-10-9-14-5-4-6-15(14)11-16/h2-3,7-11H,4-6,12H2,1H3,(H,20,22). The highest BCUT2D eigenvalue weighted by Crippen LogP contribution is 2.26. The fourth-order valence-electron chi connectivity index (χ4n) is 2.87. The minimum atomic E-state index is -0.279. The summed E-state index contributed by atoms with van der Waals surface area (Å²) >= 11 is 0. The number of nitrogens with one attached hydrogen (secondary N) is 1. The molecule has 118 valence electrons. The van der Waals surface area contributed by atoms with Crippen LogP contribution in [0.25, 0.3) is 0 Å². The number of anilines is 1. The van der Waals surface area contributed by atoms with Crippen molar-refractivity contribution in [3.63, 3.8) is 0 Å². The van der Waals surface area contributed by atoms with Crippen LogP contribution in [-0.2, 0) is 17.6 Å². The molecular weight excluding hydrogens is 290 g/mol. The second-order valence-electron chi connectivity index (χ2n) is 5.72. The van der Waals surface area contributed by atoms with Crippen molar-refractivity contribution in [1.82, 2.24) is 0 Å². The van der Waals surface area contributed by atoms with Crippen molar-refractivity contribution in [3.05, 3.63) is 59.2 Å². The summed E-state index contributed by atoms with van der Waals surface area (Å²) in [7, 11) is 0. The highest BCUT2D eigenvalue weighted by atomic mass is 16.5. The molecule has 0 saturated heterocycles. The summed E-state index contributed by atoms with van der Waals surface area (Å²) in [5, 5.41) is 2.73. The molecule has 0 fully saturated rings. The zero-order valence-electron chi connectivity index (χ0n) is 13.1. The lowest BCUT2D eigenvalue weighted by molar-refractivity contribution is -0.118. The lowest BCUT2D eigenvalue weighted by atomic mass is 10.1. The zero-order valence-corrected chi connectivity index (χ0v) is 13.1. The molecule has 0 bridgehead atoms. The molecule has 0 aromatic heterocycles. The van der Waals surface area contributed by atoms with Crippen LogP contribution in [0.4, 0.5) is 5.69 Å². The van der Waals surface area contributed by atoms with Gasteiger partial charge in [-0.15, -0.1) is 0 Å². The number of Topliss-reactive ketones (excluding diaryl/α,β-unsaturated/α-hetero) is 1. The van der Waals surface area contributed by atoms with Gasteiger partial charge >= 0.3 is 0 Å². The van der Waals surface area contributed by atoms with Crippen molar-refractivity contribution < 1.29 is 14.3 Å². The first kappa shape index (κ1) is 15.3. The second kappa shape index (κ2) is 6.65. The van der Waals surface area contributed by atoms with Gasteiger partial charge in [-0.3, -0.25) is 9.59 Å². The summed E-state index contributed by atoms with van der Waals surface area (Å²) in [4.78, 5) is 23.6. The maximum atomic E-state index is 12.0. The predicted octanol–water partition coefficient (Wildman–Crippen LogP) is 3.40. The molecular formula is C19H19NO3. The molecule has 0 radical (unpaired) electrons. The Balaban J connectivity index is 1.61. The third kappa shape index (κ3) is 3.59. The number of fused-ring (bicyclic) bond motifs is 1. The molecule has 0 heterocycles. The van der Waals surface area contributed by atoms with Crippen molar-refractivity contribution in [2.75, 3.05) is 11.9 Å². The number of hydrogen-bond donors (Lipinski definition) is 1. The minimum Gasteiger partial charge on any atom is -0.484 e. The first-order valence-corrected chi connectivity index (χ1v) is 7.78. The fourth-order valence-corrected chi connectivity index (χ4v) is 2.87. The van der Waals surface area contributed by atoms with E-state index in [4.69, 9.17) is 4.74 Å². The highest BCUT2D eigenvalue weighted by molar-refractivity contribution is 6.03. The molecule has 4 nitrogen and oxygen atoms in total. The van der Waals surface area contributed by atoms with Crippen molar-refractivity contribution in [3.8, 4) is 5.75 Å². The monoisotopic (exact) mass is 309 g/mol. The van der Waals surface area contributed by atoms with Gasteiger partial charge in [0.2, 0.25) is 0 Å². The summed E-state index contributed by atoms with van der Waals surface area (Å²) in [6, 6.07) is 12.9. The van der Waals surface area contributed by atoms with Crippen LogP contribution >= 0.6 is 0 Å². The summed E-state index contributed by atoms with van der Waals surface area (Å²) in [6.07, 6.45) is 3.38. The van der Waals surface area contributed by atoms with Gasteiger partial charge in [-0.05, 0) is 61.6 Å². The Labute approximate surface area is 135 Å². The first-order valence-electron chi connectivity index (χ1n) is 7.78. The number of benzene rings is 2. The van der Waals surface area contributed by atoms with Gasteiger partial charge in [0.25, 0.3) is 5.91 Å². The SMILES string of the molecule is CC(=O)c1ccccc1NC(=O)COc1ccc2c(c1)CCC2. The molecule has 2 aromatic rings. The Bertz CT molecular complexity index is 752. The molecule has 0 saturated carbocycles. The van der Waals surface area contributed by atoms with E-state index >= 15 is 0 Å². The number of aryl methyl sites for hydroxylation is 2. The number of amides is 1. The second-order valence-corrected chi connectivity index (χ2v) is 5.72. The summed E-state index contributed by atoms with van der Waals surface area (Å²) in [5.41, 5.74) is 3.70. The largest absolute Gasteiger partial charge is 0.484 e. The van der Waals surface area contributed by atoms with Crippen molar-refractivity contribution in [2.24, 2.45) is 0 Å². The third-order valence-corrected chi connectivity index (χ3v) is 4.02. The van der Waals surface area contributed by atoms with Gasteiger partial charge in [0.1, 0.15) is 5.75 Å². The molecule has 1 N–H and O–H groups in total. The Morgan fingerprint density at radius 2 is 1.87 bits per heavy atom. The average molecular weight is 309 g/mol. The molecule has 1 amide bonds. The van der Waals surface area contributed by atoms with Crippen LogP contribution in [-0.4, -0.2) is 18.3 Å². The van der Waals surface area contributed by atoms with Crippen LogP contribution in [0.1, 0.15) is 34.8 Å². The Kier molecular flexibility index (Phi) is 4.42. The predicted molar refractivity (Wildman–Crippen MR) is 89.0 cm³/mol. The molecule has 0 spiro atoms. The number of ether oxygens (including phenoxy) is 1. The third-order valence-electron chi connectivity index (χ3n) is 4.02. The average Bonchev–Trinajstić information content (AvgIpc) is 3.01. The summed E-state index contributed by atoms with van der Waals surface area (Å²) < 4.78 is 5.57. The van der Waals surface area contributed by atoms with Gasteiger partial charge in [-0.2, -0.15) is 0 Å². The molecule has 0 atom stereocenters. The molecule has 1 aliphatic rings. The van der Waals surface area contributed by atoms with Crippen molar-refractivity contribution in [2.45, 2.75) is 26.2 Å². The minimum absolute atomic E-state index is 0.0783. The van der Waals surface area contributed by atoms with E-state index in [9.17, 15) is 9.59 Å². The van der Waals surface area contributed by atoms with E-state index in [2.05, 4.69) is 11.4 Å². The summed E-state index contributed by atoms with van der Waals surface area (Å²) in [5.74, 6) is 0.347. The maximum absolute atomic E-state index is 12.0. The van der Waals surface area contributed by atoms with Gasteiger partial charge in [0.15, 0.2) is 12.4 Å². The number of hydrogen-bond acceptors (Lipinski definition) is 3. The highest BCUT2D eigenvalue weighted by Gasteiger charge is 2.13. The quantitative estimate of drug-likeness (QED) is 0.861. The Morgan fingerprint density at radius 3 is 2.70 bits per heavy atom. The summed E-state index contributed by atoms with van der Waals surface area (Å²) in [6.45, 7) is 1.40. The molecule has 2 aromatic carbocycles. The number of ketones is 1. The maximum Gasteiger partial charge on any atom is 0.262 e. The van der Waals surface area contributed by atoms with Crippen molar-refractivity contribution in [1.29, 1.82) is 0 Å². The first-order chi connectivity index (χ1) is 11.1. The molecule has 4 heteroatoms. The van der Waals surface area contributed by atoms with Crippen LogP contribution in [0.15, 0.2) is 42.5 Å². The lowest BCUT2D eigenvalue weighted by Crippen LogP contribution is -2.21. The lowest BCUT2D eigenvalue weighted by Gasteiger charge is -2.11. The van der Waals surface area contributed by atoms with Gasteiger partial charge in [0.05, 0.1) is 5.69 Å². The van der Waals surface area contributed by atoms with Crippen LogP contribution in [0.5, 0.6) is 5.75 Å². The van der Waals surface area contributed by atoms with E-state index in [1.165, 1.54) is 24.5 Å². The fraction of sp³-hybridized carbons (Fsp3) is 0.263. The molecule has 3 rings (SSSR count). The van der Waals surface area contributed by atoms with E-state index in [1.54, 1.807) is 24.3 Å². The van der Waals surface area contributed by atoms with Crippen LogP contribution in [0, 0.1) is 0 Å². The smallest absolute Gasteiger partial charge is 0.262 e. The normalized spacial score (nSPS) is 12.6. The van der Waals surface area contributed by atoms with Crippen LogP contribution < -0.4 is 10.1 Å². The number of rotatable bonds is 5. The number of para-hydroxylation sites is 1. The van der Waals surface area contributed by atoms with Gasteiger partial charge in [-0.1, -0.05) is 18.2 Å². The van der Waals surface area contributed by atoms with Crippen molar-refractivity contribution >= 4 is 17.4 Å². The van der Waals surface area contributed by atoms with E-state index in [1.807, 2.05) is 12.1 Å². The van der Waals surface area contributed by atoms with Gasteiger partial charge in [-0.25, -0.2) is 0 Å². The zero-order chi connectivity index (χ0) is 16.2. The number of carbonyl (C=O) groups excluding carboxylic acids is 2. The molecule has 1 aliphatic carbocycles. The number of carbonyl (C=O) groups is 2. The van der Waals surface area contributed by atoms with E-state index < -0.39 is 0 Å². The molecule has 0 unspecified atom stereocenters. The van der Waals surface area contributed by atoms with Crippen LogP contribution in [0.2, 0.25) is 0 Å². The Hall–Kier alpha value is -2.62. The van der Waals surface area contributed by atoms with Gasteiger partial charge < -0.3 is 10.1 Å². The molecule has 23 heavy (non-hydrogen) atoms. The van der Waals surface area contributed by atoms with E-state index in [0.29, 0.717) is 17.0 Å².